The van der Waals surface area contributed by atoms with Crippen LogP contribution in [0.3, 0.4) is 0 Å². The Labute approximate surface area is 167 Å². The molecule has 1 aliphatic heterocycles. The van der Waals surface area contributed by atoms with E-state index in [0.717, 1.165) is 17.0 Å². The SMILES string of the molecule is CC1Sc2ccc(C(=O)Nc3nc(-c4ccc(F)c(F)c4)cs3)cc2NC1=O. The molecule has 2 N–H and O–H groups in total. The van der Waals surface area contributed by atoms with Gasteiger partial charge in [0, 0.05) is 21.4 Å². The normalized spacial score (nSPS) is 15.7. The first-order valence-corrected chi connectivity index (χ1v) is 10.0. The minimum Gasteiger partial charge on any atom is -0.324 e. The fourth-order valence-electron chi connectivity index (χ4n) is 2.64. The molecule has 0 bridgehead atoms. The molecule has 4 rings (SSSR count). The second-order valence-electron chi connectivity index (χ2n) is 6.08. The summed E-state index contributed by atoms with van der Waals surface area (Å²) in [5.41, 5.74) is 1.82. The third-order valence-electron chi connectivity index (χ3n) is 4.11. The highest BCUT2D eigenvalue weighted by Gasteiger charge is 2.24. The number of nitrogens with one attached hydrogen (secondary N) is 2. The van der Waals surface area contributed by atoms with Crippen molar-refractivity contribution in [3.63, 3.8) is 0 Å². The molecule has 2 aromatic carbocycles. The molecule has 1 unspecified atom stereocenters. The van der Waals surface area contributed by atoms with Crippen LogP contribution in [0.15, 0.2) is 46.7 Å². The van der Waals surface area contributed by atoms with E-state index in [9.17, 15) is 18.4 Å². The number of hydrogen-bond donors (Lipinski definition) is 2. The van der Waals surface area contributed by atoms with Gasteiger partial charge in [0.05, 0.1) is 16.6 Å². The van der Waals surface area contributed by atoms with Crippen molar-refractivity contribution in [3.8, 4) is 11.3 Å². The summed E-state index contributed by atoms with van der Waals surface area (Å²) in [6.45, 7) is 1.82. The number of thioether (sulfide) groups is 1. The van der Waals surface area contributed by atoms with Gasteiger partial charge >= 0.3 is 0 Å². The Hall–Kier alpha value is -2.78. The lowest BCUT2D eigenvalue weighted by Gasteiger charge is -2.21. The van der Waals surface area contributed by atoms with Crippen molar-refractivity contribution in [2.24, 2.45) is 0 Å². The monoisotopic (exact) mass is 417 g/mol. The van der Waals surface area contributed by atoms with Gasteiger partial charge in [-0.3, -0.25) is 14.9 Å². The fraction of sp³-hybridized carbons (Fsp3) is 0.105. The summed E-state index contributed by atoms with van der Waals surface area (Å²) in [6, 6.07) is 8.59. The Morgan fingerprint density at radius 2 is 2.00 bits per heavy atom. The first kappa shape index (κ1) is 18.6. The summed E-state index contributed by atoms with van der Waals surface area (Å²) in [5, 5.41) is 7.26. The Kier molecular flexibility index (Phi) is 4.86. The molecule has 0 radical (unpaired) electrons. The van der Waals surface area contributed by atoms with Gasteiger partial charge in [-0.15, -0.1) is 23.1 Å². The smallest absolute Gasteiger partial charge is 0.257 e. The van der Waals surface area contributed by atoms with Crippen LogP contribution in [-0.2, 0) is 4.79 Å². The number of anilines is 2. The highest BCUT2D eigenvalue weighted by Crippen LogP contribution is 2.36. The average Bonchev–Trinajstić information content (AvgIpc) is 3.13. The van der Waals surface area contributed by atoms with Crippen molar-refractivity contribution in [3.05, 3.63) is 59.0 Å². The third-order valence-corrected chi connectivity index (χ3v) is 6.05. The number of fused-ring (bicyclic) bond motifs is 1. The summed E-state index contributed by atoms with van der Waals surface area (Å²) in [5.74, 6) is -2.38. The molecule has 9 heteroatoms. The lowest BCUT2D eigenvalue weighted by Crippen LogP contribution is -2.26. The van der Waals surface area contributed by atoms with Crippen LogP contribution in [0.1, 0.15) is 17.3 Å². The van der Waals surface area contributed by atoms with E-state index in [1.807, 2.05) is 6.92 Å². The summed E-state index contributed by atoms with van der Waals surface area (Å²) >= 11 is 2.61. The Bertz CT molecular complexity index is 1100. The molecule has 0 fully saturated rings. The zero-order valence-electron chi connectivity index (χ0n) is 14.5. The number of thiazole rings is 1. The third kappa shape index (κ3) is 3.63. The van der Waals surface area contributed by atoms with Gasteiger partial charge in [0.1, 0.15) is 0 Å². The van der Waals surface area contributed by atoms with Crippen molar-refractivity contribution >= 4 is 45.7 Å². The number of rotatable bonds is 3. The fourth-order valence-corrected chi connectivity index (χ4v) is 4.28. The molecule has 0 aliphatic carbocycles. The van der Waals surface area contributed by atoms with Gasteiger partial charge in [-0.25, -0.2) is 13.8 Å². The van der Waals surface area contributed by atoms with Crippen LogP contribution >= 0.6 is 23.1 Å². The standard InChI is InChI=1S/C19H13F2N3O2S2/c1-9-17(25)22-14-7-11(3-5-16(14)28-9)18(26)24-19-23-15(8-27-19)10-2-4-12(20)13(21)6-10/h2-9H,1H3,(H,22,25)(H,23,24,26). The van der Waals surface area contributed by atoms with Crippen molar-refractivity contribution in [2.45, 2.75) is 17.1 Å². The van der Waals surface area contributed by atoms with Crippen LogP contribution in [0.4, 0.5) is 19.6 Å². The predicted molar refractivity (Wildman–Crippen MR) is 106 cm³/mol. The topological polar surface area (TPSA) is 71.1 Å². The molecule has 0 spiro atoms. The summed E-state index contributed by atoms with van der Waals surface area (Å²) in [6.07, 6.45) is 0. The van der Waals surface area contributed by atoms with Crippen LogP contribution in [-0.4, -0.2) is 22.0 Å². The van der Waals surface area contributed by atoms with Crippen LogP contribution in [0.2, 0.25) is 0 Å². The van der Waals surface area contributed by atoms with Gasteiger partial charge in [0.2, 0.25) is 5.91 Å². The molecule has 0 saturated heterocycles. The highest BCUT2D eigenvalue weighted by atomic mass is 32.2. The van der Waals surface area contributed by atoms with Crippen LogP contribution in [0.5, 0.6) is 0 Å². The maximum atomic E-state index is 13.4. The summed E-state index contributed by atoms with van der Waals surface area (Å²) in [7, 11) is 0. The van der Waals surface area contributed by atoms with Crippen molar-refractivity contribution in [1.82, 2.24) is 4.98 Å². The van der Waals surface area contributed by atoms with Gasteiger partial charge in [-0.2, -0.15) is 0 Å². The first-order chi connectivity index (χ1) is 13.4. The van der Waals surface area contributed by atoms with Crippen molar-refractivity contribution in [1.29, 1.82) is 0 Å². The van der Waals surface area contributed by atoms with Crippen molar-refractivity contribution < 1.29 is 18.4 Å². The molecule has 1 aromatic heterocycles. The average molecular weight is 417 g/mol. The number of benzene rings is 2. The maximum Gasteiger partial charge on any atom is 0.257 e. The number of amides is 2. The van der Waals surface area contributed by atoms with Gasteiger partial charge in [-0.1, -0.05) is 0 Å². The van der Waals surface area contributed by atoms with Gasteiger partial charge in [0.15, 0.2) is 16.8 Å². The van der Waals surface area contributed by atoms with E-state index in [2.05, 4.69) is 15.6 Å². The van der Waals surface area contributed by atoms with Crippen LogP contribution in [0, 0.1) is 11.6 Å². The summed E-state index contributed by atoms with van der Waals surface area (Å²) in [4.78, 5) is 29.5. The Morgan fingerprint density at radius 3 is 2.79 bits per heavy atom. The molecular formula is C19H13F2N3O2S2. The molecule has 2 amide bonds. The van der Waals surface area contributed by atoms with E-state index in [1.54, 1.807) is 23.6 Å². The number of aromatic nitrogens is 1. The molecule has 5 nitrogen and oxygen atoms in total. The van der Waals surface area contributed by atoms with Gasteiger partial charge < -0.3 is 5.32 Å². The van der Waals surface area contributed by atoms with E-state index in [4.69, 9.17) is 0 Å². The zero-order chi connectivity index (χ0) is 19.8. The minimum absolute atomic E-state index is 0.105. The van der Waals surface area contributed by atoms with E-state index in [-0.39, 0.29) is 17.1 Å². The van der Waals surface area contributed by atoms with Gasteiger partial charge in [-0.05, 0) is 43.3 Å². The maximum absolute atomic E-state index is 13.4. The molecule has 2 heterocycles. The molecule has 1 aliphatic rings. The second-order valence-corrected chi connectivity index (χ2v) is 8.32. The summed E-state index contributed by atoms with van der Waals surface area (Å²) < 4.78 is 26.5. The largest absolute Gasteiger partial charge is 0.324 e. The second kappa shape index (κ2) is 7.33. The van der Waals surface area contributed by atoms with E-state index in [0.29, 0.717) is 27.6 Å². The number of carbonyl (C=O) groups excluding carboxylic acids is 2. The number of nitrogens with zero attached hydrogens (tertiary/aromatic N) is 1. The van der Waals surface area contributed by atoms with E-state index in [1.165, 1.54) is 29.2 Å². The quantitative estimate of drug-likeness (QED) is 0.644. The van der Waals surface area contributed by atoms with E-state index >= 15 is 0 Å². The van der Waals surface area contributed by atoms with Crippen LogP contribution < -0.4 is 10.6 Å². The minimum atomic E-state index is -0.959. The molecule has 3 aromatic rings. The number of hydrogen-bond acceptors (Lipinski definition) is 5. The van der Waals surface area contributed by atoms with Crippen molar-refractivity contribution in [2.75, 3.05) is 10.6 Å². The molecular weight excluding hydrogens is 404 g/mol. The molecule has 28 heavy (non-hydrogen) atoms. The first-order valence-electron chi connectivity index (χ1n) is 8.24. The Morgan fingerprint density at radius 1 is 1.18 bits per heavy atom. The zero-order valence-corrected chi connectivity index (χ0v) is 16.1. The van der Waals surface area contributed by atoms with Gasteiger partial charge in [0.25, 0.3) is 5.91 Å². The lowest BCUT2D eigenvalue weighted by atomic mass is 10.1. The van der Waals surface area contributed by atoms with Crippen LogP contribution in [0.25, 0.3) is 11.3 Å². The number of carbonyl (C=O) groups is 2. The molecule has 142 valence electrons. The molecule has 1 atom stereocenters. The van der Waals surface area contributed by atoms with E-state index < -0.39 is 11.6 Å². The lowest BCUT2D eigenvalue weighted by molar-refractivity contribution is -0.115. The predicted octanol–water partition coefficient (Wildman–Crippen LogP) is 4.77. The Balaban J connectivity index is 1.52. The highest BCUT2D eigenvalue weighted by molar-refractivity contribution is 8.00. The molecule has 0 saturated carbocycles. The number of halogens is 2.